The maximum atomic E-state index is 12.3. The second kappa shape index (κ2) is 5.96. The maximum absolute atomic E-state index is 12.3. The molecule has 1 N–H and O–H groups in total. The van der Waals surface area contributed by atoms with Crippen molar-refractivity contribution in [1.82, 2.24) is 0 Å². The van der Waals surface area contributed by atoms with Crippen molar-refractivity contribution < 1.29 is 33.6 Å². The topological polar surface area (TPSA) is 83.5 Å². The van der Waals surface area contributed by atoms with Gasteiger partial charge in [0.05, 0.1) is 19.8 Å². The molecule has 0 amide bonds. The van der Waals surface area contributed by atoms with E-state index in [2.05, 4.69) is 0 Å². The van der Waals surface area contributed by atoms with Gasteiger partial charge in [-0.25, -0.2) is 4.79 Å². The molecule has 0 fully saturated rings. The van der Waals surface area contributed by atoms with Crippen LogP contribution in [0.25, 0.3) is 0 Å². The number of carbonyl (C=O) groups is 1. The van der Waals surface area contributed by atoms with Gasteiger partial charge < -0.3 is 28.8 Å². The van der Waals surface area contributed by atoms with Gasteiger partial charge in [0, 0.05) is 6.07 Å². The number of hydrogen-bond acceptors (Lipinski definition) is 7. The Morgan fingerprint density at radius 3 is 2.35 bits per heavy atom. The van der Waals surface area contributed by atoms with E-state index in [4.69, 9.17) is 23.7 Å². The van der Waals surface area contributed by atoms with Crippen molar-refractivity contribution in [2.45, 2.75) is 0 Å². The average Bonchev–Trinajstić information content (AvgIpc) is 3.02. The fourth-order valence-corrected chi connectivity index (χ4v) is 2.12. The van der Waals surface area contributed by atoms with Crippen LogP contribution in [0.3, 0.4) is 0 Å². The summed E-state index contributed by atoms with van der Waals surface area (Å²) >= 11 is 0. The van der Waals surface area contributed by atoms with E-state index in [1.54, 1.807) is 18.2 Å². The second-order valence-electron chi connectivity index (χ2n) is 4.63. The minimum Gasteiger partial charge on any atom is -0.502 e. The number of esters is 1. The Balaban J connectivity index is 1.86. The molecule has 0 spiro atoms. The van der Waals surface area contributed by atoms with Gasteiger partial charge in [-0.1, -0.05) is 0 Å². The number of methoxy groups -OCH3 is 2. The first-order valence-corrected chi connectivity index (χ1v) is 6.69. The minimum absolute atomic E-state index is 0.113. The summed E-state index contributed by atoms with van der Waals surface area (Å²) in [6.45, 7) is 0.138. The van der Waals surface area contributed by atoms with E-state index in [0.29, 0.717) is 17.2 Å². The van der Waals surface area contributed by atoms with E-state index in [1.165, 1.54) is 26.4 Å². The zero-order chi connectivity index (χ0) is 16.4. The van der Waals surface area contributed by atoms with Crippen LogP contribution in [0.2, 0.25) is 0 Å². The van der Waals surface area contributed by atoms with Gasteiger partial charge in [-0.3, -0.25) is 0 Å². The summed E-state index contributed by atoms with van der Waals surface area (Å²) < 4.78 is 25.7. The number of rotatable bonds is 4. The van der Waals surface area contributed by atoms with Crippen LogP contribution in [0, 0.1) is 0 Å². The van der Waals surface area contributed by atoms with Crippen LogP contribution < -0.4 is 23.7 Å². The van der Waals surface area contributed by atoms with Crippen LogP contribution in [0.4, 0.5) is 0 Å². The molecule has 0 unspecified atom stereocenters. The van der Waals surface area contributed by atoms with Crippen molar-refractivity contribution in [1.29, 1.82) is 0 Å². The molecule has 0 saturated heterocycles. The largest absolute Gasteiger partial charge is 0.502 e. The number of phenols is 1. The monoisotopic (exact) mass is 318 g/mol. The van der Waals surface area contributed by atoms with E-state index in [9.17, 15) is 9.90 Å². The number of hydrogen-bond donors (Lipinski definition) is 1. The lowest BCUT2D eigenvalue weighted by Crippen LogP contribution is -2.09. The smallest absolute Gasteiger partial charge is 0.343 e. The standard InChI is InChI=1S/C16H14O7/c1-19-13-5-9(6-14(20-2)15(13)17)16(18)23-10-3-4-11-12(7-10)22-8-21-11/h3-7,17H,8H2,1-2H3. The predicted octanol–water partition coefficient (Wildman–Crippen LogP) is 2.36. The molecule has 120 valence electrons. The molecule has 0 aromatic heterocycles. The number of benzene rings is 2. The summed E-state index contributed by atoms with van der Waals surface area (Å²) in [6, 6.07) is 7.55. The highest BCUT2D eigenvalue weighted by Crippen LogP contribution is 2.38. The molecule has 0 atom stereocenters. The highest BCUT2D eigenvalue weighted by molar-refractivity contribution is 5.92. The first-order valence-electron chi connectivity index (χ1n) is 6.69. The van der Waals surface area contributed by atoms with Crippen LogP contribution in [-0.4, -0.2) is 32.1 Å². The van der Waals surface area contributed by atoms with Crippen LogP contribution in [-0.2, 0) is 0 Å². The molecule has 0 saturated carbocycles. The fourth-order valence-electron chi connectivity index (χ4n) is 2.12. The van der Waals surface area contributed by atoms with Crippen molar-refractivity contribution in [2.24, 2.45) is 0 Å². The normalized spacial score (nSPS) is 11.9. The lowest BCUT2D eigenvalue weighted by molar-refractivity contribution is 0.0733. The Hall–Kier alpha value is -3.09. The van der Waals surface area contributed by atoms with E-state index < -0.39 is 5.97 Å². The van der Waals surface area contributed by atoms with Gasteiger partial charge in [0.1, 0.15) is 5.75 Å². The van der Waals surface area contributed by atoms with Crippen molar-refractivity contribution in [3.05, 3.63) is 35.9 Å². The molecule has 0 bridgehead atoms. The van der Waals surface area contributed by atoms with Crippen LogP contribution in [0.5, 0.6) is 34.5 Å². The Morgan fingerprint density at radius 1 is 1.04 bits per heavy atom. The number of phenolic OH excluding ortho intramolecular Hbond substituents is 1. The van der Waals surface area contributed by atoms with Gasteiger partial charge in [-0.15, -0.1) is 0 Å². The van der Waals surface area contributed by atoms with E-state index in [-0.39, 0.29) is 29.6 Å². The van der Waals surface area contributed by atoms with Crippen LogP contribution in [0.15, 0.2) is 30.3 Å². The molecule has 1 aliphatic rings. The minimum atomic E-state index is -0.625. The number of fused-ring (bicyclic) bond motifs is 1. The highest BCUT2D eigenvalue weighted by Gasteiger charge is 2.19. The predicted molar refractivity (Wildman–Crippen MR) is 78.7 cm³/mol. The van der Waals surface area contributed by atoms with Crippen molar-refractivity contribution in [2.75, 3.05) is 21.0 Å². The first-order chi connectivity index (χ1) is 11.1. The summed E-state index contributed by atoms with van der Waals surface area (Å²) in [4.78, 5) is 12.3. The van der Waals surface area contributed by atoms with E-state index >= 15 is 0 Å². The fraction of sp³-hybridized carbons (Fsp3) is 0.188. The average molecular weight is 318 g/mol. The third-order valence-electron chi connectivity index (χ3n) is 3.27. The van der Waals surface area contributed by atoms with Gasteiger partial charge in [0.25, 0.3) is 0 Å². The molecular formula is C16H14O7. The third kappa shape index (κ3) is 2.80. The van der Waals surface area contributed by atoms with E-state index in [0.717, 1.165) is 0 Å². The Morgan fingerprint density at radius 2 is 1.70 bits per heavy atom. The van der Waals surface area contributed by atoms with Gasteiger partial charge >= 0.3 is 5.97 Å². The molecule has 3 rings (SSSR count). The zero-order valence-corrected chi connectivity index (χ0v) is 12.5. The molecule has 0 radical (unpaired) electrons. The first kappa shape index (κ1) is 14.8. The number of carbonyl (C=O) groups excluding carboxylic acids is 1. The van der Waals surface area contributed by atoms with E-state index in [1.807, 2.05) is 0 Å². The van der Waals surface area contributed by atoms with Gasteiger partial charge in [-0.2, -0.15) is 0 Å². The van der Waals surface area contributed by atoms with Crippen LogP contribution in [0.1, 0.15) is 10.4 Å². The van der Waals surface area contributed by atoms with Crippen LogP contribution >= 0.6 is 0 Å². The lowest BCUT2D eigenvalue weighted by Gasteiger charge is -2.11. The van der Waals surface area contributed by atoms with Gasteiger partial charge in [0.15, 0.2) is 23.0 Å². The van der Waals surface area contributed by atoms with Crippen molar-refractivity contribution in [3.8, 4) is 34.5 Å². The number of aromatic hydroxyl groups is 1. The molecule has 1 heterocycles. The second-order valence-corrected chi connectivity index (χ2v) is 4.63. The maximum Gasteiger partial charge on any atom is 0.343 e. The molecule has 7 heteroatoms. The molecule has 2 aromatic rings. The Bertz CT molecular complexity index is 729. The molecule has 23 heavy (non-hydrogen) atoms. The summed E-state index contributed by atoms with van der Waals surface area (Å²) in [5.41, 5.74) is 0.175. The third-order valence-corrected chi connectivity index (χ3v) is 3.27. The van der Waals surface area contributed by atoms with Crippen molar-refractivity contribution >= 4 is 5.97 Å². The lowest BCUT2D eigenvalue weighted by atomic mass is 10.2. The van der Waals surface area contributed by atoms with Gasteiger partial charge in [0.2, 0.25) is 12.5 Å². The summed E-state index contributed by atoms with van der Waals surface area (Å²) in [6.07, 6.45) is 0. The number of ether oxygens (including phenoxy) is 5. The molecular weight excluding hydrogens is 304 g/mol. The summed E-state index contributed by atoms with van der Waals surface area (Å²) in [7, 11) is 2.75. The highest BCUT2D eigenvalue weighted by atomic mass is 16.7. The Kier molecular flexibility index (Phi) is 3.84. The zero-order valence-electron chi connectivity index (χ0n) is 12.5. The molecule has 7 nitrogen and oxygen atoms in total. The Labute approximate surface area is 131 Å². The molecule has 1 aliphatic heterocycles. The molecule has 0 aliphatic carbocycles. The van der Waals surface area contributed by atoms with Gasteiger partial charge in [-0.05, 0) is 24.3 Å². The summed E-state index contributed by atoms with van der Waals surface area (Å²) in [5.74, 6) is 0.832. The molecule has 2 aromatic carbocycles. The quantitative estimate of drug-likeness (QED) is 0.684. The SMILES string of the molecule is COc1cc(C(=O)Oc2ccc3c(c2)OCO3)cc(OC)c1O. The van der Waals surface area contributed by atoms with Crippen molar-refractivity contribution in [3.63, 3.8) is 0 Å². The summed E-state index contributed by atoms with van der Waals surface area (Å²) in [5, 5.41) is 9.86.